The summed E-state index contributed by atoms with van der Waals surface area (Å²) in [4.78, 5) is 0. The third-order valence-electron chi connectivity index (χ3n) is 2.74. The highest BCUT2D eigenvalue weighted by molar-refractivity contribution is 5.81. The molecule has 1 aromatic carbocycles. The lowest BCUT2D eigenvalue weighted by molar-refractivity contribution is 0.174. The van der Waals surface area contributed by atoms with Crippen LogP contribution in [0.15, 0.2) is 18.3 Å². The molecule has 88 valence electrons. The lowest BCUT2D eigenvalue weighted by Gasteiger charge is -2.06. The second kappa shape index (κ2) is 3.38. The molecule has 0 saturated heterocycles. The summed E-state index contributed by atoms with van der Waals surface area (Å²) in [6, 6.07) is 2.86. The predicted molar refractivity (Wildman–Crippen MR) is 59.1 cm³/mol. The Morgan fingerprint density at radius 2 is 2.24 bits per heavy atom. The fourth-order valence-corrected chi connectivity index (χ4v) is 1.84. The zero-order valence-electron chi connectivity index (χ0n) is 9.11. The van der Waals surface area contributed by atoms with Gasteiger partial charge in [0.15, 0.2) is 11.5 Å². The standard InChI is InChI=1S/C11H10FN3O2/c1-15-11(13)6(4-14-15)9-7(12)2-3-8-10(9)17-5-16-8/h2-4H,5,13H2,1H3. The highest BCUT2D eigenvalue weighted by atomic mass is 19.1. The third-order valence-corrected chi connectivity index (χ3v) is 2.74. The molecular weight excluding hydrogens is 225 g/mol. The minimum absolute atomic E-state index is 0.0892. The topological polar surface area (TPSA) is 62.3 Å². The molecule has 1 aliphatic heterocycles. The number of benzene rings is 1. The van der Waals surface area contributed by atoms with Crippen molar-refractivity contribution < 1.29 is 13.9 Å². The van der Waals surface area contributed by atoms with Crippen LogP contribution in [0.25, 0.3) is 11.1 Å². The largest absolute Gasteiger partial charge is 0.454 e. The Morgan fingerprint density at radius 1 is 1.41 bits per heavy atom. The molecular formula is C11H10FN3O2. The van der Waals surface area contributed by atoms with Crippen molar-refractivity contribution in [3.05, 3.63) is 24.1 Å². The Kier molecular flexibility index (Phi) is 1.98. The van der Waals surface area contributed by atoms with E-state index in [1.165, 1.54) is 23.0 Å². The number of nitrogen functional groups attached to an aromatic ring is 1. The summed E-state index contributed by atoms with van der Waals surface area (Å²) in [6.07, 6.45) is 1.51. The van der Waals surface area contributed by atoms with E-state index in [2.05, 4.69) is 5.10 Å². The summed E-state index contributed by atoms with van der Waals surface area (Å²) < 4.78 is 25.8. The molecule has 1 aliphatic rings. The Bertz CT molecular complexity index is 595. The molecule has 3 rings (SSSR count). The molecule has 0 unspecified atom stereocenters. The molecule has 2 heterocycles. The first kappa shape index (κ1) is 9.95. The molecule has 5 nitrogen and oxygen atoms in total. The number of nitrogens with zero attached hydrogens (tertiary/aromatic N) is 2. The molecule has 0 aliphatic carbocycles. The fraction of sp³-hybridized carbons (Fsp3) is 0.182. The Labute approximate surface area is 96.6 Å². The van der Waals surface area contributed by atoms with Crippen LogP contribution in [-0.2, 0) is 7.05 Å². The molecule has 0 bridgehead atoms. The summed E-state index contributed by atoms with van der Waals surface area (Å²) in [5, 5.41) is 3.99. The molecule has 0 spiro atoms. The SMILES string of the molecule is Cn1ncc(-c2c(F)ccc3c2OCO3)c1N. The van der Waals surface area contributed by atoms with Gasteiger partial charge in [-0.2, -0.15) is 5.10 Å². The molecule has 17 heavy (non-hydrogen) atoms. The molecule has 0 saturated carbocycles. The van der Waals surface area contributed by atoms with Crippen LogP contribution in [0.2, 0.25) is 0 Å². The van der Waals surface area contributed by atoms with Crippen molar-refractivity contribution in [2.45, 2.75) is 0 Å². The number of fused-ring (bicyclic) bond motifs is 1. The normalized spacial score (nSPS) is 13.1. The van der Waals surface area contributed by atoms with E-state index in [4.69, 9.17) is 15.2 Å². The lowest BCUT2D eigenvalue weighted by atomic mass is 10.1. The van der Waals surface area contributed by atoms with Crippen LogP contribution in [0.1, 0.15) is 0 Å². The first-order chi connectivity index (χ1) is 8.18. The van der Waals surface area contributed by atoms with E-state index in [9.17, 15) is 4.39 Å². The maximum absolute atomic E-state index is 13.9. The number of halogens is 1. The second-order valence-electron chi connectivity index (χ2n) is 3.72. The second-order valence-corrected chi connectivity index (χ2v) is 3.72. The van der Waals surface area contributed by atoms with Crippen molar-refractivity contribution >= 4 is 5.82 Å². The fourth-order valence-electron chi connectivity index (χ4n) is 1.84. The molecule has 0 radical (unpaired) electrons. The summed E-state index contributed by atoms with van der Waals surface area (Å²) in [5.41, 5.74) is 6.64. The minimum Gasteiger partial charge on any atom is -0.454 e. The van der Waals surface area contributed by atoms with Crippen molar-refractivity contribution in [1.29, 1.82) is 0 Å². The van der Waals surface area contributed by atoms with Gasteiger partial charge >= 0.3 is 0 Å². The number of anilines is 1. The zero-order chi connectivity index (χ0) is 12.0. The summed E-state index contributed by atoms with van der Waals surface area (Å²) in [7, 11) is 1.69. The maximum Gasteiger partial charge on any atom is 0.231 e. The van der Waals surface area contributed by atoms with Crippen LogP contribution in [0.5, 0.6) is 11.5 Å². The van der Waals surface area contributed by atoms with E-state index in [1.54, 1.807) is 7.05 Å². The molecule has 2 aromatic rings. The van der Waals surface area contributed by atoms with Gasteiger partial charge in [-0.25, -0.2) is 4.39 Å². The van der Waals surface area contributed by atoms with Gasteiger partial charge < -0.3 is 15.2 Å². The van der Waals surface area contributed by atoms with Crippen LogP contribution in [0.4, 0.5) is 10.2 Å². The van der Waals surface area contributed by atoms with Gasteiger partial charge in [-0.1, -0.05) is 0 Å². The number of nitrogens with two attached hydrogens (primary N) is 1. The number of aryl methyl sites for hydroxylation is 1. The van der Waals surface area contributed by atoms with Gasteiger partial charge in [0.25, 0.3) is 0 Å². The van der Waals surface area contributed by atoms with Gasteiger partial charge in [0.1, 0.15) is 11.6 Å². The first-order valence-corrected chi connectivity index (χ1v) is 5.04. The minimum atomic E-state index is -0.408. The Morgan fingerprint density at radius 3 is 2.94 bits per heavy atom. The van der Waals surface area contributed by atoms with Gasteiger partial charge in [-0.15, -0.1) is 0 Å². The Balaban J connectivity index is 2.27. The van der Waals surface area contributed by atoms with Crippen LogP contribution in [0.3, 0.4) is 0 Å². The van der Waals surface area contributed by atoms with E-state index in [1.807, 2.05) is 0 Å². The van der Waals surface area contributed by atoms with Crippen LogP contribution in [-0.4, -0.2) is 16.6 Å². The highest BCUT2D eigenvalue weighted by Gasteiger charge is 2.24. The van der Waals surface area contributed by atoms with Crippen LogP contribution in [0, 0.1) is 5.82 Å². The zero-order valence-corrected chi connectivity index (χ0v) is 9.11. The van der Waals surface area contributed by atoms with Gasteiger partial charge in [-0.05, 0) is 12.1 Å². The third kappa shape index (κ3) is 1.33. The maximum atomic E-state index is 13.9. The number of aromatic nitrogens is 2. The predicted octanol–water partition coefficient (Wildman–Crippen LogP) is 1.54. The molecule has 0 fully saturated rings. The quantitative estimate of drug-likeness (QED) is 0.814. The lowest BCUT2D eigenvalue weighted by Crippen LogP contribution is -1.99. The van der Waals surface area contributed by atoms with Crippen molar-refractivity contribution in [2.24, 2.45) is 7.05 Å². The number of hydrogen-bond acceptors (Lipinski definition) is 4. The van der Waals surface area contributed by atoms with Crippen molar-refractivity contribution in [3.8, 4) is 22.6 Å². The van der Waals surface area contributed by atoms with Gasteiger partial charge in [-0.3, -0.25) is 4.68 Å². The number of hydrogen-bond donors (Lipinski definition) is 1. The van der Waals surface area contributed by atoms with E-state index >= 15 is 0 Å². The first-order valence-electron chi connectivity index (χ1n) is 5.04. The highest BCUT2D eigenvalue weighted by Crippen LogP contribution is 2.44. The van der Waals surface area contributed by atoms with Gasteiger partial charge in [0.05, 0.1) is 17.3 Å². The van der Waals surface area contributed by atoms with E-state index in [-0.39, 0.29) is 6.79 Å². The van der Waals surface area contributed by atoms with E-state index in [0.29, 0.717) is 28.4 Å². The molecule has 0 amide bonds. The summed E-state index contributed by atoms with van der Waals surface area (Å²) >= 11 is 0. The van der Waals surface area contributed by atoms with Gasteiger partial charge in [0.2, 0.25) is 6.79 Å². The molecule has 0 atom stereocenters. The van der Waals surface area contributed by atoms with Crippen LogP contribution >= 0.6 is 0 Å². The molecule has 1 aromatic heterocycles. The Hall–Kier alpha value is -2.24. The van der Waals surface area contributed by atoms with E-state index < -0.39 is 5.82 Å². The van der Waals surface area contributed by atoms with Crippen molar-refractivity contribution in [1.82, 2.24) is 9.78 Å². The summed E-state index contributed by atoms with van der Waals surface area (Å²) in [5.74, 6) is 0.871. The van der Waals surface area contributed by atoms with Crippen molar-refractivity contribution in [2.75, 3.05) is 12.5 Å². The number of ether oxygens (including phenoxy) is 2. The summed E-state index contributed by atoms with van der Waals surface area (Å²) in [6.45, 7) is 0.0892. The average molecular weight is 235 g/mol. The van der Waals surface area contributed by atoms with E-state index in [0.717, 1.165) is 0 Å². The van der Waals surface area contributed by atoms with Crippen LogP contribution < -0.4 is 15.2 Å². The number of rotatable bonds is 1. The van der Waals surface area contributed by atoms with Gasteiger partial charge in [0, 0.05) is 7.05 Å². The smallest absolute Gasteiger partial charge is 0.231 e. The molecule has 2 N–H and O–H groups in total. The molecule has 6 heteroatoms. The van der Waals surface area contributed by atoms with Crippen molar-refractivity contribution in [3.63, 3.8) is 0 Å². The monoisotopic (exact) mass is 235 g/mol. The average Bonchev–Trinajstić information content (AvgIpc) is 2.89.